The van der Waals surface area contributed by atoms with E-state index >= 15 is 0 Å². The molecule has 0 spiro atoms. The van der Waals surface area contributed by atoms with Gasteiger partial charge in [0.25, 0.3) is 0 Å². The molecule has 0 bridgehead atoms. The van der Waals surface area contributed by atoms with E-state index in [2.05, 4.69) is 60.6 Å². The Kier molecular flexibility index (Phi) is 5.20. The summed E-state index contributed by atoms with van der Waals surface area (Å²) in [5, 5.41) is 34.2. The third-order valence-electron chi connectivity index (χ3n) is 13.6. The highest BCUT2D eigenvalue weighted by Crippen LogP contribution is 2.76. The molecule has 4 fully saturated rings. The minimum Gasteiger partial charge on any atom is -0.481 e. The fraction of sp³-hybridized carbons (Fsp3) is 0.900. The van der Waals surface area contributed by atoms with Crippen LogP contribution in [0.4, 0.5) is 0 Å². The molecule has 0 aliphatic heterocycles. The van der Waals surface area contributed by atoms with Crippen LogP contribution in [0, 0.1) is 56.7 Å². The summed E-state index contributed by atoms with van der Waals surface area (Å²) in [6.45, 7) is 16.1. The Balaban J connectivity index is 1.66. The van der Waals surface area contributed by atoms with Gasteiger partial charge in [-0.2, -0.15) is 0 Å². The molecular formula is C30H48O4. The van der Waals surface area contributed by atoms with Crippen molar-refractivity contribution in [1.29, 1.82) is 0 Å². The van der Waals surface area contributed by atoms with E-state index in [1.165, 1.54) is 0 Å². The van der Waals surface area contributed by atoms with E-state index in [1.807, 2.05) is 0 Å². The normalized spacial score (nSPS) is 58.1. The van der Waals surface area contributed by atoms with Crippen LogP contribution in [-0.4, -0.2) is 33.0 Å². The molecule has 0 radical (unpaired) electrons. The maximum absolute atomic E-state index is 12.8. The van der Waals surface area contributed by atoms with Crippen LogP contribution in [-0.2, 0) is 4.79 Å². The fourth-order valence-corrected chi connectivity index (χ4v) is 11.0. The van der Waals surface area contributed by atoms with Crippen molar-refractivity contribution in [2.24, 2.45) is 56.7 Å². The number of carboxylic acid groups (broad SMARTS) is 1. The lowest BCUT2D eigenvalue weighted by Gasteiger charge is -2.74. The first-order chi connectivity index (χ1) is 15.6. The summed E-state index contributed by atoms with van der Waals surface area (Å²) < 4.78 is 0. The Morgan fingerprint density at radius 2 is 1.59 bits per heavy atom. The van der Waals surface area contributed by atoms with E-state index in [4.69, 9.17) is 0 Å². The Morgan fingerprint density at radius 3 is 2.24 bits per heavy atom. The lowest BCUT2D eigenvalue weighted by Crippen LogP contribution is -2.74. The molecule has 4 heteroatoms. The number of allylic oxidation sites excluding steroid dienone is 1. The molecule has 0 aromatic rings. The van der Waals surface area contributed by atoms with Crippen LogP contribution < -0.4 is 0 Å². The molecule has 0 heterocycles. The van der Waals surface area contributed by atoms with Gasteiger partial charge in [-0.05, 0) is 91.3 Å². The number of hydrogen-bond donors (Lipinski definition) is 3. The Labute approximate surface area is 206 Å². The summed E-state index contributed by atoms with van der Waals surface area (Å²) in [6, 6.07) is 0. The van der Waals surface area contributed by atoms with Crippen LogP contribution in [0.25, 0.3) is 0 Å². The fourth-order valence-electron chi connectivity index (χ4n) is 11.0. The SMILES string of the molecule is C[C@H]1[C@H](C)CC[C@]2(C(=O)O)CC[C@]3(C)[C@@](O)(C=C[C@@H]4[C@@]5(C)CC[C@H](O)C(C)(C)[C@H]5CC[C@]43C)[C@H]12. The van der Waals surface area contributed by atoms with E-state index in [0.29, 0.717) is 30.6 Å². The molecule has 0 amide bonds. The van der Waals surface area contributed by atoms with Crippen molar-refractivity contribution in [3.8, 4) is 0 Å². The van der Waals surface area contributed by atoms with Gasteiger partial charge >= 0.3 is 5.97 Å². The third-order valence-corrected chi connectivity index (χ3v) is 13.6. The highest BCUT2D eigenvalue weighted by Gasteiger charge is 2.75. The van der Waals surface area contributed by atoms with Gasteiger partial charge in [-0.15, -0.1) is 0 Å². The number of aliphatic hydroxyl groups is 2. The number of carboxylic acids is 1. The minimum atomic E-state index is -1.12. The highest BCUT2D eigenvalue weighted by molar-refractivity contribution is 5.76. The third kappa shape index (κ3) is 2.61. The van der Waals surface area contributed by atoms with Crippen LogP contribution >= 0.6 is 0 Å². The summed E-state index contributed by atoms with van der Waals surface area (Å²) in [4.78, 5) is 12.8. The monoisotopic (exact) mass is 472 g/mol. The Morgan fingerprint density at radius 1 is 0.912 bits per heavy atom. The van der Waals surface area contributed by atoms with E-state index in [9.17, 15) is 20.1 Å². The van der Waals surface area contributed by atoms with Crippen LogP contribution in [0.3, 0.4) is 0 Å². The maximum atomic E-state index is 12.8. The van der Waals surface area contributed by atoms with Gasteiger partial charge in [-0.1, -0.05) is 60.6 Å². The van der Waals surface area contributed by atoms with Gasteiger partial charge in [-0.3, -0.25) is 4.79 Å². The lowest BCUT2D eigenvalue weighted by molar-refractivity contribution is -0.277. The van der Waals surface area contributed by atoms with Gasteiger partial charge in [0.15, 0.2) is 0 Å². The molecule has 5 aliphatic rings. The molecule has 0 aromatic carbocycles. The van der Waals surface area contributed by atoms with Crippen molar-refractivity contribution >= 4 is 5.97 Å². The van der Waals surface area contributed by atoms with Crippen molar-refractivity contribution in [2.75, 3.05) is 0 Å². The summed E-state index contributed by atoms with van der Waals surface area (Å²) in [5.41, 5.74) is -2.46. The molecule has 0 unspecified atom stereocenters. The second kappa shape index (κ2) is 7.12. The summed E-state index contributed by atoms with van der Waals surface area (Å²) in [6.07, 6.45) is 11.1. The summed E-state index contributed by atoms with van der Waals surface area (Å²) >= 11 is 0. The van der Waals surface area contributed by atoms with E-state index in [1.54, 1.807) is 0 Å². The highest BCUT2D eigenvalue weighted by atomic mass is 16.4. The number of carbonyl (C=O) groups is 1. The van der Waals surface area contributed by atoms with Crippen molar-refractivity contribution in [2.45, 2.75) is 112 Å². The van der Waals surface area contributed by atoms with Crippen LogP contribution in [0.15, 0.2) is 12.2 Å². The van der Waals surface area contributed by atoms with Crippen LogP contribution in [0.5, 0.6) is 0 Å². The Hall–Kier alpha value is -0.870. The zero-order valence-electron chi connectivity index (χ0n) is 22.5. The van der Waals surface area contributed by atoms with E-state index in [0.717, 1.165) is 38.5 Å². The number of aliphatic hydroxyl groups excluding tert-OH is 1. The average Bonchev–Trinajstić information content (AvgIpc) is 2.75. The van der Waals surface area contributed by atoms with Crippen molar-refractivity contribution in [1.82, 2.24) is 0 Å². The molecule has 4 saturated carbocycles. The molecule has 4 nitrogen and oxygen atoms in total. The number of aliphatic carboxylic acids is 1. The minimum absolute atomic E-state index is 0.0728. The molecule has 0 aromatic heterocycles. The summed E-state index contributed by atoms with van der Waals surface area (Å²) in [5.74, 6) is 0.378. The predicted molar refractivity (Wildman–Crippen MR) is 134 cm³/mol. The largest absolute Gasteiger partial charge is 0.481 e. The zero-order chi connectivity index (χ0) is 25.1. The Bertz CT molecular complexity index is 909. The lowest BCUT2D eigenvalue weighted by atomic mass is 9.31. The van der Waals surface area contributed by atoms with Gasteiger partial charge in [0, 0.05) is 11.3 Å². The smallest absolute Gasteiger partial charge is 0.310 e. The molecule has 0 saturated heterocycles. The number of fused-ring (bicyclic) bond motifs is 7. The first-order valence-corrected chi connectivity index (χ1v) is 13.9. The molecule has 5 rings (SSSR count). The van der Waals surface area contributed by atoms with Gasteiger partial charge in [0.2, 0.25) is 0 Å². The molecule has 192 valence electrons. The van der Waals surface area contributed by atoms with E-state index < -0.39 is 17.0 Å². The molecular weight excluding hydrogens is 424 g/mol. The van der Waals surface area contributed by atoms with Crippen molar-refractivity contribution < 1.29 is 20.1 Å². The second-order valence-corrected chi connectivity index (χ2v) is 14.7. The molecule has 5 aliphatic carbocycles. The first-order valence-electron chi connectivity index (χ1n) is 13.9. The van der Waals surface area contributed by atoms with Gasteiger partial charge in [0.05, 0.1) is 17.1 Å². The molecule has 11 atom stereocenters. The topological polar surface area (TPSA) is 77.8 Å². The number of hydrogen-bond acceptors (Lipinski definition) is 3. The first kappa shape index (κ1) is 24.8. The second-order valence-electron chi connectivity index (χ2n) is 14.7. The average molecular weight is 473 g/mol. The number of rotatable bonds is 1. The zero-order valence-corrected chi connectivity index (χ0v) is 22.5. The molecule has 34 heavy (non-hydrogen) atoms. The molecule has 3 N–H and O–H groups in total. The van der Waals surface area contributed by atoms with Crippen LogP contribution in [0.2, 0.25) is 0 Å². The quantitative estimate of drug-likeness (QED) is 0.405. The van der Waals surface area contributed by atoms with E-state index in [-0.39, 0.29) is 39.6 Å². The predicted octanol–water partition coefficient (Wildman–Crippen LogP) is 6.06. The summed E-state index contributed by atoms with van der Waals surface area (Å²) in [7, 11) is 0. The van der Waals surface area contributed by atoms with Gasteiger partial charge in [-0.25, -0.2) is 0 Å². The van der Waals surface area contributed by atoms with Gasteiger partial charge < -0.3 is 15.3 Å². The maximum Gasteiger partial charge on any atom is 0.310 e. The van der Waals surface area contributed by atoms with Gasteiger partial charge in [0.1, 0.15) is 0 Å². The van der Waals surface area contributed by atoms with Crippen molar-refractivity contribution in [3.63, 3.8) is 0 Å². The van der Waals surface area contributed by atoms with Crippen molar-refractivity contribution in [3.05, 3.63) is 12.2 Å². The standard InChI is InChI=1S/C30H48O4/c1-18-8-14-29(24(32)33)17-16-28(7)27(6)13-9-20-25(3,4)22(31)11-12-26(20,5)21(27)10-15-30(28,34)23(29)19(18)2/h10,15,18-23,31,34H,8-9,11-14,16-17H2,1-7H3,(H,32,33)/t18-,19+,20-,21-,22+,23-,26+,27-,28+,29+,30-/m1/s1. The van der Waals surface area contributed by atoms with Crippen LogP contribution in [0.1, 0.15) is 99.8 Å².